The molecule has 0 N–H and O–H groups in total. The molecule has 0 fully saturated rings. The first-order valence-corrected chi connectivity index (χ1v) is 5.56. The van der Waals surface area contributed by atoms with E-state index in [2.05, 4.69) is 5.92 Å². The van der Waals surface area contributed by atoms with E-state index in [1.165, 1.54) is 12.1 Å². The molecule has 0 aromatic heterocycles. The number of rotatable bonds is 6. The number of anilines is 1. The summed E-state index contributed by atoms with van der Waals surface area (Å²) in [5.41, 5.74) is 0.821. The van der Waals surface area contributed by atoms with Gasteiger partial charge in [-0.05, 0) is 12.5 Å². The number of carbonyl (C=O) groups excluding carboxylic acids is 1. The zero-order valence-electron chi connectivity index (χ0n) is 10.1. The van der Waals surface area contributed by atoms with E-state index in [-0.39, 0.29) is 11.3 Å². The molecule has 0 spiro atoms. The molecule has 5 heteroatoms. The van der Waals surface area contributed by atoms with Crippen molar-refractivity contribution in [3.8, 4) is 12.3 Å². The summed E-state index contributed by atoms with van der Waals surface area (Å²) in [6, 6.07) is 4.21. The van der Waals surface area contributed by atoms with Crippen LogP contribution in [0.3, 0.4) is 0 Å². The van der Waals surface area contributed by atoms with Crippen molar-refractivity contribution >= 4 is 17.7 Å². The second-order valence-corrected chi connectivity index (χ2v) is 3.74. The van der Waals surface area contributed by atoms with Crippen LogP contribution in [0.25, 0.3) is 0 Å². The third kappa shape index (κ3) is 3.08. The summed E-state index contributed by atoms with van der Waals surface area (Å²) in [5, 5.41) is 10.6. The predicted octanol–water partition coefficient (Wildman–Crippen LogP) is 2.26. The number of hydrogen-bond donors (Lipinski definition) is 0. The predicted molar refractivity (Wildman–Crippen MR) is 69.8 cm³/mol. The van der Waals surface area contributed by atoms with Crippen molar-refractivity contribution < 1.29 is 9.72 Å². The first-order chi connectivity index (χ1) is 8.63. The van der Waals surface area contributed by atoms with Gasteiger partial charge in [-0.1, -0.05) is 12.8 Å². The van der Waals surface area contributed by atoms with Crippen LogP contribution in [0.2, 0.25) is 0 Å². The van der Waals surface area contributed by atoms with Gasteiger partial charge in [-0.3, -0.25) is 14.9 Å². The summed E-state index contributed by atoms with van der Waals surface area (Å²) in [6.45, 7) is 3.06. The van der Waals surface area contributed by atoms with Gasteiger partial charge >= 0.3 is 0 Å². The lowest BCUT2D eigenvalue weighted by molar-refractivity contribution is -0.384. The van der Waals surface area contributed by atoms with Crippen molar-refractivity contribution in [1.82, 2.24) is 0 Å². The monoisotopic (exact) mass is 246 g/mol. The second kappa shape index (κ2) is 6.40. The minimum atomic E-state index is -0.526. The number of nitrogens with zero attached hydrogens (tertiary/aromatic N) is 2. The number of terminal acetylenes is 1. The Morgan fingerprint density at radius 3 is 2.78 bits per heavy atom. The molecule has 0 aliphatic rings. The smallest absolute Gasteiger partial charge is 0.270 e. The van der Waals surface area contributed by atoms with Gasteiger partial charge in [0, 0.05) is 29.9 Å². The van der Waals surface area contributed by atoms with Gasteiger partial charge in [-0.2, -0.15) is 0 Å². The summed E-state index contributed by atoms with van der Waals surface area (Å²) >= 11 is 0. The van der Waals surface area contributed by atoms with E-state index in [1.807, 2.05) is 11.8 Å². The van der Waals surface area contributed by atoms with Crippen molar-refractivity contribution in [2.24, 2.45) is 0 Å². The van der Waals surface area contributed by atoms with Crippen LogP contribution in [-0.4, -0.2) is 24.3 Å². The van der Waals surface area contributed by atoms with Gasteiger partial charge in [0.15, 0.2) is 6.29 Å². The Labute approximate surface area is 106 Å². The Hall–Kier alpha value is -2.35. The molecular weight excluding hydrogens is 232 g/mol. The molecule has 1 aromatic carbocycles. The minimum absolute atomic E-state index is 0.0991. The first kappa shape index (κ1) is 13.7. The summed E-state index contributed by atoms with van der Waals surface area (Å²) in [6.07, 6.45) is 6.76. The summed E-state index contributed by atoms with van der Waals surface area (Å²) in [4.78, 5) is 23.0. The van der Waals surface area contributed by atoms with Crippen molar-refractivity contribution in [3.05, 3.63) is 33.9 Å². The van der Waals surface area contributed by atoms with E-state index in [0.29, 0.717) is 25.1 Å². The van der Waals surface area contributed by atoms with E-state index in [4.69, 9.17) is 6.42 Å². The minimum Gasteiger partial charge on any atom is -0.360 e. The molecule has 94 valence electrons. The van der Waals surface area contributed by atoms with E-state index in [0.717, 1.165) is 6.42 Å². The van der Waals surface area contributed by atoms with Crippen LogP contribution >= 0.6 is 0 Å². The largest absolute Gasteiger partial charge is 0.360 e. The van der Waals surface area contributed by atoms with Crippen LogP contribution in [0.15, 0.2) is 18.2 Å². The van der Waals surface area contributed by atoms with Crippen LogP contribution in [0.1, 0.15) is 23.7 Å². The third-order valence-electron chi connectivity index (χ3n) is 2.47. The quantitative estimate of drug-likeness (QED) is 0.334. The highest BCUT2D eigenvalue weighted by atomic mass is 16.6. The van der Waals surface area contributed by atoms with Crippen LogP contribution in [0.4, 0.5) is 11.4 Å². The van der Waals surface area contributed by atoms with E-state index < -0.39 is 4.92 Å². The summed E-state index contributed by atoms with van der Waals surface area (Å²) < 4.78 is 0. The van der Waals surface area contributed by atoms with Crippen molar-refractivity contribution in [1.29, 1.82) is 0 Å². The Morgan fingerprint density at radius 1 is 1.56 bits per heavy atom. The zero-order valence-corrected chi connectivity index (χ0v) is 10.1. The Morgan fingerprint density at radius 2 is 2.28 bits per heavy atom. The number of benzene rings is 1. The third-order valence-corrected chi connectivity index (χ3v) is 2.47. The van der Waals surface area contributed by atoms with Crippen LogP contribution in [0, 0.1) is 22.5 Å². The number of nitro benzene ring substituents is 1. The number of non-ortho nitro benzene ring substituents is 1. The molecule has 0 heterocycles. The molecule has 0 bridgehead atoms. The van der Waals surface area contributed by atoms with E-state index >= 15 is 0 Å². The molecule has 1 aromatic rings. The van der Waals surface area contributed by atoms with Crippen LogP contribution in [-0.2, 0) is 0 Å². The number of carbonyl (C=O) groups is 1. The molecule has 1 rings (SSSR count). The number of nitro groups is 1. The highest BCUT2D eigenvalue weighted by Crippen LogP contribution is 2.24. The molecule has 0 saturated heterocycles. The fraction of sp³-hybridized carbons (Fsp3) is 0.308. The van der Waals surface area contributed by atoms with Gasteiger partial charge in [-0.25, -0.2) is 0 Å². The fourth-order valence-electron chi connectivity index (χ4n) is 1.70. The SMILES string of the molecule is C#CCN(CCC)c1ccc([N+](=O)[O-])cc1C=O. The average Bonchev–Trinajstić information content (AvgIpc) is 2.37. The molecule has 0 saturated carbocycles. The molecule has 5 nitrogen and oxygen atoms in total. The summed E-state index contributed by atoms with van der Waals surface area (Å²) in [7, 11) is 0. The van der Waals surface area contributed by atoms with Crippen molar-refractivity contribution in [2.45, 2.75) is 13.3 Å². The lowest BCUT2D eigenvalue weighted by atomic mass is 10.1. The highest BCUT2D eigenvalue weighted by Gasteiger charge is 2.14. The van der Waals surface area contributed by atoms with Gasteiger partial charge in [0.2, 0.25) is 0 Å². The van der Waals surface area contributed by atoms with Crippen LogP contribution < -0.4 is 4.90 Å². The molecule has 18 heavy (non-hydrogen) atoms. The Bertz CT molecular complexity index is 491. The van der Waals surface area contributed by atoms with Crippen LogP contribution in [0.5, 0.6) is 0 Å². The average molecular weight is 246 g/mol. The van der Waals surface area contributed by atoms with Gasteiger partial charge in [0.05, 0.1) is 11.5 Å². The maximum atomic E-state index is 11.0. The van der Waals surface area contributed by atoms with E-state index in [1.54, 1.807) is 6.07 Å². The molecule has 0 aliphatic heterocycles. The molecule has 0 amide bonds. The van der Waals surface area contributed by atoms with Crippen molar-refractivity contribution in [2.75, 3.05) is 18.0 Å². The number of hydrogen-bond acceptors (Lipinski definition) is 4. The molecule has 0 aliphatic carbocycles. The first-order valence-electron chi connectivity index (χ1n) is 5.56. The summed E-state index contributed by atoms with van der Waals surface area (Å²) in [5.74, 6) is 2.52. The van der Waals surface area contributed by atoms with Gasteiger partial charge < -0.3 is 4.90 Å². The van der Waals surface area contributed by atoms with Crippen molar-refractivity contribution in [3.63, 3.8) is 0 Å². The Kier molecular flexibility index (Phi) is 4.88. The van der Waals surface area contributed by atoms with Gasteiger partial charge in [0.25, 0.3) is 5.69 Å². The maximum Gasteiger partial charge on any atom is 0.270 e. The Balaban J connectivity index is 3.18. The molecule has 0 unspecified atom stereocenters. The molecule has 0 radical (unpaired) electrons. The second-order valence-electron chi connectivity index (χ2n) is 3.74. The molecular formula is C13H14N2O3. The molecule has 0 atom stereocenters. The normalized spacial score (nSPS) is 9.56. The van der Waals surface area contributed by atoms with E-state index in [9.17, 15) is 14.9 Å². The standard InChI is InChI=1S/C13H14N2O3/c1-3-7-14(8-4-2)13-6-5-12(15(17)18)9-11(13)10-16/h1,5-6,9-10H,4,7-8H2,2H3. The number of aldehydes is 1. The highest BCUT2D eigenvalue weighted by molar-refractivity contribution is 5.86. The topological polar surface area (TPSA) is 63.4 Å². The fourth-order valence-corrected chi connectivity index (χ4v) is 1.70. The van der Waals surface area contributed by atoms with Gasteiger partial charge in [-0.15, -0.1) is 6.42 Å². The lowest BCUT2D eigenvalue weighted by Crippen LogP contribution is -2.25. The maximum absolute atomic E-state index is 11.0. The lowest BCUT2D eigenvalue weighted by Gasteiger charge is -2.22. The van der Waals surface area contributed by atoms with Gasteiger partial charge in [0.1, 0.15) is 0 Å². The zero-order chi connectivity index (χ0) is 13.5.